The van der Waals surface area contributed by atoms with E-state index in [1.165, 1.54) is 0 Å². The molecule has 1 aromatic rings. The average molecular weight is 281 g/mol. The van der Waals surface area contributed by atoms with Gasteiger partial charge in [-0.3, -0.25) is 4.79 Å². The van der Waals surface area contributed by atoms with Crippen LogP contribution < -0.4 is 14.8 Å². The van der Waals surface area contributed by atoms with E-state index in [1.807, 2.05) is 19.1 Å². The second-order valence-electron chi connectivity index (χ2n) is 4.53. The Balaban J connectivity index is 2.36. The monoisotopic (exact) mass is 281 g/mol. The van der Waals surface area contributed by atoms with Gasteiger partial charge in [0.05, 0.1) is 7.11 Å². The van der Waals surface area contributed by atoms with E-state index in [1.54, 1.807) is 19.2 Å². The minimum absolute atomic E-state index is 0.0457. The fourth-order valence-electron chi connectivity index (χ4n) is 1.82. The molecule has 20 heavy (non-hydrogen) atoms. The third-order valence-corrected chi connectivity index (χ3v) is 3.13. The lowest BCUT2D eigenvalue weighted by molar-refractivity contribution is -0.123. The molecule has 0 spiro atoms. The highest BCUT2D eigenvalue weighted by Crippen LogP contribution is 2.25. The van der Waals surface area contributed by atoms with E-state index in [4.69, 9.17) is 14.6 Å². The lowest BCUT2D eigenvalue weighted by Gasteiger charge is -2.15. The molecule has 0 bridgehead atoms. The van der Waals surface area contributed by atoms with E-state index in [0.717, 1.165) is 6.42 Å². The van der Waals surface area contributed by atoms with Crippen molar-refractivity contribution in [2.24, 2.45) is 5.92 Å². The molecule has 1 unspecified atom stereocenters. The zero-order chi connectivity index (χ0) is 14.8. The van der Waals surface area contributed by atoms with Crippen molar-refractivity contribution in [1.82, 2.24) is 5.32 Å². The van der Waals surface area contributed by atoms with Gasteiger partial charge in [0.1, 0.15) is 0 Å². The van der Waals surface area contributed by atoms with Crippen molar-refractivity contribution in [1.29, 1.82) is 0 Å². The van der Waals surface area contributed by atoms with Gasteiger partial charge in [0.15, 0.2) is 18.1 Å². The van der Waals surface area contributed by atoms with E-state index in [9.17, 15) is 4.79 Å². The summed E-state index contributed by atoms with van der Waals surface area (Å²) in [6.07, 6.45) is 1.62. The standard InChI is InChI=1S/C15H23NO4/c1-3-12(8-9-17)10-16-15(18)11-20-14-7-5-4-6-13(14)19-2/h4-7,12,17H,3,8-11H2,1-2H3,(H,16,18). The molecule has 1 aromatic carbocycles. The number of rotatable bonds is 9. The first kappa shape index (κ1) is 16.3. The van der Waals surface area contributed by atoms with Crippen molar-refractivity contribution < 1.29 is 19.4 Å². The molecule has 0 saturated carbocycles. The highest BCUT2D eigenvalue weighted by Gasteiger charge is 2.10. The first-order valence-corrected chi connectivity index (χ1v) is 6.84. The first-order valence-electron chi connectivity index (χ1n) is 6.84. The van der Waals surface area contributed by atoms with E-state index in [2.05, 4.69) is 5.32 Å². The predicted octanol–water partition coefficient (Wildman–Crippen LogP) is 1.60. The molecule has 0 radical (unpaired) electrons. The lowest BCUT2D eigenvalue weighted by atomic mass is 10.0. The molecule has 2 N–H and O–H groups in total. The minimum Gasteiger partial charge on any atom is -0.493 e. The number of hydrogen-bond acceptors (Lipinski definition) is 4. The Bertz CT molecular complexity index is 409. The van der Waals surface area contributed by atoms with Gasteiger partial charge in [-0.15, -0.1) is 0 Å². The largest absolute Gasteiger partial charge is 0.493 e. The molecule has 0 aromatic heterocycles. The minimum atomic E-state index is -0.174. The summed E-state index contributed by atoms with van der Waals surface area (Å²) in [4.78, 5) is 11.7. The number of nitrogens with one attached hydrogen (secondary N) is 1. The van der Waals surface area contributed by atoms with Crippen molar-refractivity contribution in [3.05, 3.63) is 24.3 Å². The second-order valence-corrected chi connectivity index (χ2v) is 4.53. The number of hydrogen-bond donors (Lipinski definition) is 2. The van der Waals surface area contributed by atoms with Crippen LogP contribution in [0.3, 0.4) is 0 Å². The van der Waals surface area contributed by atoms with Crippen molar-refractivity contribution >= 4 is 5.91 Å². The summed E-state index contributed by atoms with van der Waals surface area (Å²) < 4.78 is 10.6. The SMILES string of the molecule is CCC(CCO)CNC(=O)COc1ccccc1OC. The summed E-state index contributed by atoms with van der Waals surface area (Å²) in [5.41, 5.74) is 0. The first-order chi connectivity index (χ1) is 9.71. The summed E-state index contributed by atoms with van der Waals surface area (Å²) in [7, 11) is 1.56. The quantitative estimate of drug-likeness (QED) is 0.721. The van der Waals surface area contributed by atoms with Crippen molar-refractivity contribution in [3.8, 4) is 11.5 Å². The van der Waals surface area contributed by atoms with Gasteiger partial charge in [0, 0.05) is 13.2 Å². The maximum Gasteiger partial charge on any atom is 0.257 e. The number of benzene rings is 1. The number of aliphatic hydroxyl groups excluding tert-OH is 1. The normalized spacial score (nSPS) is 11.8. The van der Waals surface area contributed by atoms with Gasteiger partial charge < -0.3 is 19.9 Å². The molecule has 1 amide bonds. The number of carbonyl (C=O) groups is 1. The summed E-state index contributed by atoms with van der Waals surface area (Å²) >= 11 is 0. The van der Waals surface area contributed by atoms with Gasteiger partial charge in [-0.2, -0.15) is 0 Å². The summed E-state index contributed by atoms with van der Waals surface area (Å²) in [6, 6.07) is 7.20. The van der Waals surface area contributed by atoms with Crippen molar-refractivity contribution in [2.45, 2.75) is 19.8 Å². The van der Waals surface area contributed by atoms with E-state index in [0.29, 0.717) is 30.4 Å². The molecule has 0 aliphatic carbocycles. The molecule has 0 aliphatic heterocycles. The van der Waals surface area contributed by atoms with Crippen LogP contribution in [0.5, 0.6) is 11.5 Å². The zero-order valence-corrected chi connectivity index (χ0v) is 12.1. The Morgan fingerprint density at radius 1 is 1.35 bits per heavy atom. The Hall–Kier alpha value is -1.75. The Labute approximate surface area is 119 Å². The van der Waals surface area contributed by atoms with Crippen LogP contribution in [0.4, 0.5) is 0 Å². The van der Waals surface area contributed by atoms with Crippen LogP contribution in [0.2, 0.25) is 0 Å². The van der Waals surface area contributed by atoms with Crippen molar-refractivity contribution in [2.75, 3.05) is 26.9 Å². The third-order valence-electron chi connectivity index (χ3n) is 3.13. The number of ether oxygens (including phenoxy) is 2. The number of aliphatic hydroxyl groups is 1. The number of para-hydroxylation sites is 2. The smallest absolute Gasteiger partial charge is 0.257 e. The number of carbonyl (C=O) groups excluding carboxylic acids is 1. The van der Waals surface area contributed by atoms with E-state index >= 15 is 0 Å². The van der Waals surface area contributed by atoms with Gasteiger partial charge in [0.25, 0.3) is 5.91 Å². The predicted molar refractivity (Wildman–Crippen MR) is 77.0 cm³/mol. The molecule has 1 atom stereocenters. The van der Waals surface area contributed by atoms with Gasteiger partial charge in [-0.05, 0) is 24.5 Å². The number of amides is 1. The Morgan fingerprint density at radius 3 is 2.65 bits per heavy atom. The fraction of sp³-hybridized carbons (Fsp3) is 0.533. The Kier molecular flexibility index (Phi) is 7.50. The van der Waals surface area contributed by atoms with E-state index < -0.39 is 0 Å². The summed E-state index contributed by atoms with van der Waals surface area (Å²) in [5, 5.41) is 11.7. The van der Waals surface area contributed by atoms with Crippen LogP contribution in [-0.4, -0.2) is 37.9 Å². The molecule has 0 saturated heterocycles. The topological polar surface area (TPSA) is 67.8 Å². The summed E-state index contributed by atoms with van der Waals surface area (Å²) in [5.74, 6) is 1.28. The molecule has 0 aliphatic rings. The third kappa shape index (κ3) is 5.48. The molecular formula is C15H23NO4. The van der Waals surface area contributed by atoms with Crippen LogP contribution >= 0.6 is 0 Å². The van der Waals surface area contributed by atoms with Crippen LogP contribution in [0.15, 0.2) is 24.3 Å². The highest BCUT2D eigenvalue weighted by atomic mass is 16.5. The average Bonchev–Trinajstić information content (AvgIpc) is 2.49. The van der Waals surface area contributed by atoms with E-state index in [-0.39, 0.29) is 19.1 Å². The van der Waals surface area contributed by atoms with Crippen LogP contribution in [0.1, 0.15) is 19.8 Å². The molecule has 5 nitrogen and oxygen atoms in total. The number of methoxy groups -OCH3 is 1. The zero-order valence-electron chi connectivity index (χ0n) is 12.1. The summed E-state index contributed by atoms with van der Waals surface area (Å²) in [6.45, 7) is 2.70. The molecule has 5 heteroatoms. The maximum absolute atomic E-state index is 11.7. The molecule has 112 valence electrons. The van der Waals surface area contributed by atoms with Gasteiger partial charge >= 0.3 is 0 Å². The van der Waals surface area contributed by atoms with Crippen LogP contribution in [0.25, 0.3) is 0 Å². The second kappa shape index (κ2) is 9.20. The maximum atomic E-state index is 11.7. The highest BCUT2D eigenvalue weighted by molar-refractivity contribution is 5.77. The van der Waals surface area contributed by atoms with Gasteiger partial charge in [-0.25, -0.2) is 0 Å². The van der Waals surface area contributed by atoms with Gasteiger partial charge in [0.2, 0.25) is 0 Å². The van der Waals surface area contributed by atoms with Gasteiger partial charge in [-0.1, -0.05) is 25.5 Å². The molecule has 0 fully saturated rings. The molecule has 0 heterocycles. The van der Waals surface area contributed by atoms with Crippen molar-refractivity contribution in [3.63, 3.8) is 0 Å². The fourth-order valence-corrected chi connectivity index (χ4v) is 1.82. The van der Waals surface area contributed by atoms with Crippen LogP contribution in [-0.2, 0) is 4.79 Å². The van der Waals surface area contributed by atoms with Crippen LogP contribution in [0, 0.1) is 5.92 Å². The molecule has 1 rings (SSSR count). The Morgan fingerprint density at radius 2 is 2.05 bits per heavy atom. The molecular weight excluding hydrogens is 258 g/mol. The lowest BCUT2D eigenvalue weighted by Crippen LogP contribution is -2.33.